The third kappa shape index (κ3) is 4.11. The maximum Gasteiger partial charge on any atom is 0.145 e. The minimum absolute atomic E-state index is 0.359. The summed E-state index contributed by atoms with van der Waals surface area (Å²) in [6.45, 7) is -0.359. The first-order chi connectivity index (χ1) is 14.6. The SMILES string of the molecule is C#Cc1cncc(SC2OC(CO)C(O)C(n3cc(-c4nccs4)nn3)C2OC)c1. The van der Waals surface area contributed by atoms with Gasteiger partial charge in [-0.3, -0.25) is 4.98 Å². The molecule has 1 aliphatic rings. The van der Waals surface area contributed by atoms with E-state index in [1.54, 1.807) is 29.5 Å². The van der Waals surface area contributed by atoms with Gasteiger partial charge in [-0.05, 0) is 6.07 Å². The van der Waals surface area contributed by atoms with E-state index in [-0.39, 0.29) is 6.61 Å². The summed E-state index contributed by atoms with van der Waals surface area (Å²) in [7, 11) is 1.54. The summed E-state index contributed by atoms with van der Waals surface area (Å²) in [5, 5.41) is 31.6. The van der Waals surface area contributed by atoms with Crippen molar-refractivity contribution in [2.45, 2.75) is 34.7 Å². The Bertz CT molecular complexity index is 1020. The molecule has 0 spiro atoms. The molecule has 1 aliphatic heterocycles. The van der Waals surface area contributed by atoms with Crippen LogP contribution in [0.15, 0.2) is 41.1 Å². The van der Waals surface area contributed by atoms with Gasteiger partial charge in [0.25, 0.3) is 0 Å². The zero-order valence-electron chi connectivity index (χ0n) is 15.9. The van der Waals surface area contributed by atoms with Crippen molar-refractivity contribution in [3.05, 3.63) is 41.8 Å². The normalized spacial score (nSPS) is 26.4. The van der Waals surface area contributed by atoms with Gasteiger partial charge < -0.3 is 19.7 Å². The molecule has 156 valence electrons. The summed E-state index contributed by atoms with van der Waals surface area (Å²) in [5.41, 5.74) is 0.682. The standard InChI is InChI=1S/C19H19N5O4S2/c1-3-11-6-12(8-20-7-11)30-19-17(27-2)15(16(26)14(10-25)28-19)24-9-13(22-23-24)18-21-4-5-29-18/h1,4-9,14-17,19,25-26H,10H2,2H3. The van der Waals surface area contributed by atoms with Crippen molar-refractivity contribution in [3.8, 4) is 23.0 Å². The molecule has 3 aromatic heterocycles. The predicted octanol–water partition coefficient (Wildman–Crippen LogP) is 1.20. The van der Waals surface area contributed by atoms with E-state index in [0.29, 0.717) is 11.3 Å². The van der Waals surface area contributed by atoms with Crippen LogP contribution in [0.2, 0.25) is 0 Å². The van der Waals surface area contributed by atoms with E-state index in [2.05, 4.69) is 26.2 Å². The van der Waals surface area contributed by atoms with Gasteiger partial charge in [-0.1, -0.05) is 22.9 Å². The number of aliphatic hydroxyl groups excluding tert-OH is 2. The number of aromatic nitrogens is 5. The average Bonchev–Trinajstić information content (AvgIpc) is 3.46. The smallest absolute Gasteiger partial charge is 0.145 e. The molecule has 0 saturated carbocycles. The van der Waals surface area contributed by atoms with Gasteiger partial charge in [0, 0.05) is 41.5 Å². The van der Waals surface area contributed by atoms with Crippen LogP contribution in [0.5, 0.6) is 0 Å². The molecule has 0 radical (unpaired) electrons. The zero-order valence-corrected chi connectivity index (χ0v) is 17.5. The van der Waals surface area contributed by atoms with Crippen LogP contribution >= 0.6 is 23.1 Å². The van der Waals surface area contributed by atoms with Crippen LogP contribution in [0.3, 0.4) is 0 Å². The fourth-order valence-electron chi connectivity index (χ4n) is 3.28. The second-order valence-electron chi connectivity index (χ2n) is 6.50. The number of thiazole rings is 1. The molecule has 4 rings (SSSR count). The second-order valence-corrected chi connectivity index (χ2v) is 8.57. The van der Waals surface area contributed by atoms with E-state index in [0.717, 1.165) is 9.90 Å². The largest absolute Gasteiger partial charge is 0.394 e. The van der Waals surface area contributed by atoms with Gasteiger partial charge >= 0.3 is 0 Å². The van der Waals surface area contributed by atoms with E-state index in [9.17, 15) is 10.2 Å². The van der Waals surface area contributed by atoms with E-state index in [4.69, 9.17) is 15.9 Å². The lowest BCUT2D eigenvalue weighted by molar-refractivity contribution is -0.186. The van der Waals surface area contributed by atoms with Gasteiger partial charge in [0.1, 0.15) is 40.5 Å². The minimum Gasteiger partial charge on any atom is -0.394 e. The van der Waals surface area contributed by atoms with Gasteiger partial charge in [-0.25, -0.2) is 9.67 Å². The first kappa shape index (κ1) is 20.9. The Morgan fingerprint density at radius 1 is 1.43 bits per heavy atom. The van der Waals surface area contributed by atoms with E-state index >= 15 is 0 Å². The lowest BCUT2D eigenvalue weighted by Gasteiger charge is -2.43. The number of methoxy groups -OCH3 is 1. The highest BCUT2D eigenvalue weighted by molar-refractivity contribution is 7.99. The molecule has 11 heteroatoms. The van der Waals surface area contributed by atoms with Crippen LogP contribution in [-0.4, -0.2) is 72.6 Å². The van der Waals surface area contributed by atoms with Crippen molar-refractivity contribution in [3.63, 3.8) is 0 Å². The lowest BCUT2D eigenvalue weighted by Crippen LogP contribution is -2.55. The van der Waals surface area contributed by atoms with Crippen LogP contribution in [0.1, 0.15) is 11.6 Å². The van der Waals surface area contributed by atoms with Crippen molar-refractivity contribution < 1.29 is 19.7 Å². The van der Waals surface area contributed by atoms with Gasteiger partial charge in [0.05, 0.1) is 12.8 Å². The molecule has 2 N–H and O–H groups in total. The van der Waals surface area contributed by atoms with Gasteiger partial charge in [-0.2, -0.15) is 0 Å². The van der Waals surface area contributed by atoms with Crippen LogP contribution in [0.25, 0.3) is 10.7 Å². The summed E-state index contributed by atoms with van der Waals surface area (Å²) in [5.74, 6) is 2.55. The van der Waals surface area contributed by atoms with Gasteiger partial charge in [-0.15, -0.1) is 22.9 Å². The first-order valence-electron chi connectivity index (χ1n) is 9.01. The predicted molar refractivity (Wildman–Crippen MR) is 111 cm³/mol. The fourth-order valence-corrected chi connectivity index (χ4v) is 5.05. The third-order valence-electron chi connectivity index (χ3n) is 4.70. The summed E-state index contributed by atoms with van der Waals surface area (Å²) < 4.78 is 13.2. The van der Waals surface area contributed by atoms with Crippen molar-refractivity contribution in [2.24, 2.45) is 0 Å². The van der Waals surface area contributed by atoms with Crippen molar-refractivity contribution in [1.29, 1.82) is 0 Å². The number of terminal acetylenes is 1. The molecule has 30 heavy (non-hydrogen) atoms. The van der Waals surface area contributed by atoms with Crippen LogP contribution in [0, 0.1) is 12.3 Å². The molecular weight excluding hydrogens is 426 g/mol. The molecule has 0 bridgehead atoms. The molecule has 0 amide bonds. The van der Waals surface area contributed by atoms with Crippen LogP contribution in [0.4, 0.5) is 0 Å². The number of hydrogen-bond donors (Lipinski definition) is 2. The maximum absolute atomic E-state index is 10.9. The number of thioether (sulfide) groups is 1. The molecule has 5 atom stereocenters. The number of pyridine rings is 1. The van der Waals surface area contributed by atoms with Crippen molar-refractivity contribution in [2.75, 3.05) is 13.7 Å². The summed E-state index contributed by atoms with van der Waals surface area (Å²) in [6, 6.07) is 1.18. The Morgan fingerprint density at radius 3 is 3.00 bits per heavy atom. The van der Waals surface area contributed by atoms with Gasteiger partial charge in [0.2, 0.25) is 0 Å². The van der Waals surface area contributed by atoms with Crippen molar-refractivity contribution >= 4 is 23.1 Å². The Hall–Kier alpha value is -2.33. The lowest BCUT2D eigenvalue weighted by atomic mass is 9.97. The van der Waals surface area contributed by atoms with E-state index in [1.165, 1.54) is 30.2 Å². The highest BCUT2D eigenvalue weighted by Crippen LogP contribution is 2.39. The number of nitrogens with zero attached hydrogens (tertiary/aromatic N) is 5. The first-order valence-corrected chi connectivity index (χ1v) is 10.8. The number of ether oxygens (including phenoxy) is 2. The molecule has 1 saturated heterocycles. The van der Waals surface area contributed by atoms with Crippen molar-refractivity contribution in [1.82, 2.24) is 25.0 Å². The Balaban J connectivity index is 1.65. The Kier molecular flexibility index (Phi) is 6.43. The minimum atomic E-state index is -1.06. The third-order valence-corrected chi connectivity index (χ3v) is 6.60. The molecule has 0 aromatic carbocycles. The highest BCUT2D eigenvalue weighted by atomic mass is 32.2. The average molecular weight is 446 g/mol. The van der Waals surface area contributed by atoms with Crippen LogP contribution < -0.4 is 0 Å². The monoisotopic (exact) mass is 445 g/mol. The molecule has 5 unspecified atom stereocenters. The van der Waals surface area contributed by atoms with E-state index < -0.39 is 29.8 Å². The fraction of sp³-hybridized carbons (Fsp3) is 0.368. The molecule has 0 aliphatic carbocycles. The van der Waals surface area contributed by atoms with Gasteiger partial charge in [0.15, 0.2) is 0 Å². The van der Waals surface area contributed by atoms with Crippen LogP contribution in [-0.2, 0) is 9.47 Å². The summed E-state index contributed by atoms with van der Waals surface area (Å²) >= 11 is 2.79. The maximum atomic E-state index is 10.9. The topological polar surface area (TPSA) is 115 Å². The summed E-state index contributed by atoms with van der Waals surface area (Å²) in [6.07, 6.45) is 9.66. The second kappa shape index (κ2) is 9.22. The number of hydrogen-bond acceptors (Lipinski definition) is 10. The molecule has 1 fully saturated rings. The molecule has 3 aromatic rings. The number of rotatable bonds is 6. The molecule has 4 heterocycles. The Labute approximate surface area is 181 Å². The zero-order chi connectivity index (χ0) is 21.1. The molecule has 9 nitrogen and oxygen atoms in total. The van der Waals surface area contributed by atoms with E-state index in [1.807, 2.05) is 11.4 Å². The molecular formula is C19H19N5O4S2. The quantitative estimate of drug-likeness (QED) is 0.540. The summed E-state index contributed by atoms with van der Waals surface area (Å²) in [4.78, 5) is 9.17. The number of aliphatic hydroxyl groups is 2. The Morgan fingerprint density at radius 2 is 2.30 bits per heavy atom. The highest BCUT2D eigenvalue weighted by Gasteiger charge is 2.47.